The van der Waals surface area contributed by atoms with Crippen LogP contribution in [0.5, 0.6) is 0 Å². The Labute approximate surface area is 263 Å². The van der Waals surface area contributed by atoms with Crippen LogP contribution in [0.4, 0.5) is 11.4 Å². The van der Waals surface area contributed by atoms with Crippen molar-refractivity contribution < 1.29 is 0 Å². The maximum absolute atomic E-state index is 5.42. The van der Waals surface area contributed by atoms with Crippen LogP contribution in [0.2, 0.25) is 0 Å². The SMILES string of the molecule is CCc1cc(C)cc(CC)c1N=C(c1ccccc1)c1cccc(C(=Nc2c(CC)cc(C)cc2CC)c2ccccc2)n1. The van der Waals surface area contributed by atoms with Crippen LogP contribution in [0.15, 0.2) is 113 Å². The largest absolute Gasteiger partial charge is 0.246 e. The van der Waals surface area contributed by atoms with Crippen LogP contribution in [-0.2, 0) is 25.7 Å². The van der Waals surface area contributed by atoms with Crippen molar-refractivity contribution in [1.29, 1.82) is 0 Å². The fourth-order valence-electron chi connectivity index (χ4n) is 5.89. The molecule has 5 aromatic rings. The molecule has 0 fully saturated rings. The van der Waals surface area contributed by atoms with Crippen molar-refractivity contribution in [2.45, 2.75) is 67.2 Å². The van der Waals surface area contributed by atoms with E-state index in [0.29, 0.717) is 0 Å². The topological polar surface area (TPSA) is 37.6 Å². The summed E-state index contributed by atoms with van der Waals surface area (Å²) in [6.07, 6.45) is 3.68. The van der Waals surface area contributed by atoms with E-state index in [9.17, 15) is 0 Å². The van der Waals surface area contributed by atoms with Gasteiger partial charge < -0.3 is 0 Å². The van der Waals surface area contributed by atoms with E-state index >= 15 is 0 Å². The Morgan fingerprint density at radius 2 is 0.818 bits per heavy atom. The van der Waals surface area contributed by atoms with E-state index in [4.69, 9.17) is 15.0 Å². The first-order valence-electron chi connectivity index (χ1n) is 16.0. The highest BCUT2D eigenvalue weighted by Crippen LogP contribution is 2.31. The van der Waals surface area contributed by atoms with E-state index in [1.807, 2.05) is 12.1 Å². The summed E-state index contributed by atoms with van der Waals surface area (Å²) in [6, 6.07) is 36.2. The lowest BCUT2D eigenvalue weighted by molar-refractivity contribution is 1.07. The first-order chi connectivity index (χ1) is 21.4. The smallest absolute Gasteiger partial charge is 0.0966 e. The molecule has 0 spiro atoms. The minimum atomic E-state index is 0.831. The molecule has 0 aliphatic heterocycles. The van der Waals surface area contributed by atoms with E-state index < -0.39 is 0 Å². The van der Waals surface area contributed by atoms with Crippen molar-refractivity contribution in [3.63, 3.8) is 0 Å². The third kappa shape index (κ3) is 6.78. The minimum Gasteiger partial charge on any atom is -0.246 e. The van der Waals surface area contributed by atoms with Gasteiger partial charge in [0, 0.05) is 11.1 Å². The van der Waals surface area contributed by atoms with E-state index in [1.54, 1.807) is 0 Å². The number of hydrogen-bond acceptors (Lipinski definition) is 3. The lowest BCUT2D eigenvalue weighted by atomic mass is 9.98. The average molecular weight is 578 g/mol. The van der Waals surface area contributed by atoms with Gasteiger partial charge in [-0.05, 0) is 73.9 Å². The maximum Gasteiger partial charge on any atom is 0.0966 e. The number of aliphatic imine (C=N–C) groups is 2. The molecule has 0 N–H and O–H groups in total. The monoisotopic (exact) mass is 577 g/mol. The molecule has 0 radical (unpaired) electrons. The van der Waals surface area contributed by atoms with Gasteiger partial charge in [0.05, 0.1) is 34.2 Å². The lowest BCUT2D eigenvalue weighted by Crippen LogP contribution is -2.12. The second-order valence-corrected chi connectivity index (χ2v) is 11.3. The summed E-state index contributed by atoms with van der Waals surface area (Å²) >= 11 is 0. The second kappa shape index (κ2) is 14.2. The normalized spacial score (nSPS) is 12.0. The molecule has 1 aromatic heterocycles. The number of rotatable bonds is 10. The third-order valence-electron chi connectivity index (χ3n) is 8.12. The van der Waals surface area contributed by atoms with Crippen LogP contribution >= 0.6 is 0 Å². The van der Waals surface area contributed by atoms with Gasteiger partial charge in [0.15, 0.2) is 0 Å². The second-order valence-electron chi connectivity index (χ2n) is 11.3. The summed E-state index contributed by atoms with van der Waals surface area (Å²) < 4.78 is 0. The van der Waals surface area contributed by atoms with Gasteiger partial charge in [-0.2, -0.15) is 0 Å². The van der Waals surface area contributed by atoms with Crippen molar-refractivity contribution >= 4 is 22.8 Å². The summed E-state index contributed by atoms with van der Waals surface area (Å²) in [5.41, 5.74) is 15.2. The van der Waals surface area contributed by atoms with Gasteiger partial charge in [-0.25, -0.2) is 15.0 Å². The molecule has 4 aromatic carbocycles. The molecule has 3 heteroatoms. The molecule has 3 nitrogen and oxygen atoms in total. The Hall–Kier alpha value is -4.63. The highest BCUT2D eigenvalue weighted by molar-refractivity contribution is 6.16. The molecular weight excluding hydrogens is 534 g/mol. The molecular formula is C41H43N3. The van der Waals surface area contributed by atoms with Crippen molar-refractivity contribution in [2.24, 2.45) is 9.98 Å². The summed E-state index contributed by atoms with van der Waals surface area (Å²) in [6.45, 7) is 13.2. The van der Waals surface area contributed by atoms with Gasteiger partial charge in [-0.1, -0.05) is 130 Å². The average Bonchev–Trinajstić information content (AvgIpc) is 3.07. The Kier molecular flexibility index (Phi) is 9.96. The quantitative estimate of drug-likeness (QED) is 0.152. The van der Waals surface area contributed by atoms with Crippen molar-refractivity contribution in [1.82, 2.24) is 4.98 Å². The molecule has 0 bridgehead atoms. The van der Waals surface area contributed by atoms with E-state index in [-0.39, 0.29) is 0 Å². The zero-order valence-electron chi connectivity index (χ0n) is 27.0. The first kappa shape index (κ1) is 30.8. The van der Waals surface area contributed by atoms with E-state index in [2.05, 4.69) is 133 Å². The summed E-state index contributed by atoms with van der Waals surface area (Å²) in [4.78, 5) is 16.1. The highest BCUT2D eigenvalue weighted by atomic mass is 14.9. The fourth-order valence-corrected chi connectivity index (χ4v) is 5.89. The molecule has 44 heavy (non-hydrogen) atoms. The molecule has 0 unspecified atom stereocenters. The minimum absolute atomic E-state index is 0.831. The van der Waals surface area contributed by atoms with Gasteiger partial charge in [-0.15, -0.1) is 0 Å². The zero-order chi connectivity index (χ0) is 31.1. The number of benzene rings is 4. The molecule has 0 aliphatic rings. The van der Waals surface area contributed by atoms with Crippen molar-refractivity contribution in [3.8, 4) is 0 Å². The molecule has 0 aliphatic carbocycles. The van der Waals surface area contributed by atoms with E-state index in [0.717, 1.165) is 71.0 Å². The first-order valence-corrected chi connectivity index (χ1v) is 16.0. The van der Waals surface area contributed by atoms with E-state index in [1.165, 1.54) is 33.4 Å². The predicted octanol–water partition coefficient (Wildman–Crippen LogP) is 10.3. The van der Waals surface area contributed by atoms with Gasteiger partial charge in [0.25, 0.3) is 0 Å². The standard InChI is InChI=1S/C41H43N3/c1-7-30-24-28(5)25-31(8-2)38(30)43-40(34-18-13-11-14-19-34)36-22-17-23-37(42-36)41(35-20-15-12-16-21-35)44-39-32(9-3)26-29(6)27-33(39)10-4/h11-27H,7-10H2,1-6H3. The van der Waals surface area contributed by atoms with Crippen LogP contribution in [-0.4, -0.2) is 16.4 Å². The number of pyridine rings is 1. The van der Waals surface area contributed by atoms with Crippen LogP contribution < -0.4 is 0 Å². The summed E-state index contributed by atoms with van der Waals surface area (Å²) in [7, 11) is 0. The summed E-state index contributed by atoms with van der Waals surface area (Å²) in [5.74, 6) is 0. The Morgan fingerprint density at radius 3 is 1.14 bits per heavy atom. The molecule has 5 rings (SSSR count). The predicted molar refractivity (Wildman–Crippen MR) is 188 cm³/mol. The molecule has 0 amide bonds. The molecule has 1 heterocycles. The number of hydrogen-bond donors (Lipinski definition) is 0. The number of aromatic nitrogens is 1. The van der Waals surface area contributed by atoms with Gasteiger partial charge in [-0.3, -0.25) is 0 Å². The zero-order valence-corrected chi connectivity index (χ0v) is 27.0. The maximum atomic E-state index is 5.42. The Bertz CT molecular complexity index is 1620. The van der Waals surface area contributed by atoms with Crippen LogP contribution in [0.25, 0.3) is 0 Å². The molecule has 0 saturated heterocycles. The van der Waals surface area contributed by atoms with Gasteiger partial charge in [0.2, 0.25) is 0 Å². The summed E-state index contributed by atoms with van der Waals surface area (Å²) in [5, 5.41) is 0. The van der Waals surface area contributed by atoms with Crippen LogP contribution in [0.1, 0.15) is 83.6 Å². The third-order valence-corrected chi connectivity index (χ3v) is 8.12. The van der Waals surface area contributed by atoms with Crippen molar-refractivity contribution in [2.75, 3.05) is 0 Å². The molecule has 0 saturated carbocycles. The van der Waals surface area contributed by atoms with Gasteiger partial charge >= 0.3 is 0 Å². The number of nitrogens with zero attached hydrogens (tertiary/aromatic N) is 3. The highest BCUT2D eigenvalue weighted by Gasteiger charge is 2.17. The Morgan fingerprint density at radius 1 is 0.477 bits per heavy atom. The van der Waals surface area contributed by atoms with Gasteiger partial charge in [0.1, 0.15) is 0 Å². The number of aryl methyl sites for hydroxylation is 6. The van der Waals surface area contributed by atoms with Crippen molar-refractivity contribution in [3.05, 3.63) is 159 Å². The Balaban J connectivity index is 1.76. The van der Waals surface area contributed by atoms with Crippen LogP contribution in [0.3, 0.4) is 0 Å². The fraction of sp³-hybridized carbons (Fsp3) is 0.244. The molecule has 0 atom stereocenters. The lowest BCUT2D eigenvalue weighted by Gasteiger charge is -2.16. The van der Waals surface area contributed by atoms with Crippen LogP contribution in [0, 0.1) is 13.8 Å². The molecule has 222 valence electrons.